The van der Waals surface area contributed by atoms with Crippen molar-refractivity contribution in [1.82, 2.24) is 5.32 Å². The van der Waals surface area contributed by atoms with Crippen LogP contribution < -0.4 is 14.8 Å². The topological polar surface area (TPSA) is 43.6 Å². The van der Waals surface area contributed by atoms with E-state index in [0.29, 0.717) is 6.54 Å². The molecular formula is C14H17NO3. The molecule has 0 aliphatic rings. The van der Waals surface area contributed by atoms with Gasteiger partial charge < -0.3 is 19.2 Å². The molecule has 1 heterocycles. The summed E-state index contributed by atoms with van der Waals surface area (Å²) < 4.78 is 15.6. The SMILES string of the molecule is COc1cccc(CNCc2ccoc2)c1OC. The summed E-state index contributed by atoms with van der Waals surface area (Å²) in [5, 5.41) is 3.33. The van der Waals surface area contributed by atoms with E-state index >= 15 is 0 Å². The van der Waals surface area contributed by atoms with Gasteiger partial charge in [-0.15, -0.1) is 0 Å². The average Bonchev–Trinajstić information content (AvgIpc) is 2.91. The second-order valence-electron chi connectivity index (χ2n) is 3.89. The number of hydrogen-bond donors (Lipinski definition) is 1. The van der Waals surface area contributed by atoms with E-state index in [-0.39, 0.29) is 0 Å². The van der Waals surface area contributed by atoms with Crippen molar-refractivity contribution >= 4 is 0 Å². The van der Waals surface area contributed by atoms with Crippen molar-refractivity contribution in [3.05, 3.63) is 47.9 Å². The molecule has 0 saturated heterocycles. The predicted octanol–water partition coefficient (Wildman–Crippen LogP) is 2.59. The van der Waals surface area contributed by atoms with Crippen LogP contribution in [0.4, 0.5) is 0 Å². The third-order valence-electron chi connectivity index (χ3n) is 2.71. The lowest BCUT2D eigenvalue weighted by molar-refractivity contribution is 0.350. The standard InChI is InChI=1S/C14H17NO3/c1-16-13-5-3-4-12(14(13)17-2)9-15-8-11-6-7-18-10-11/h3-7,10,15H,8-9H2,1-2H3. The highest BCUT2D eigenvalue weighted by Gasteiger charge is 2.08. The maximum absolute atomic E-state index is 5.37. The zero-order valence-corrected chi connectivity index (χ0v) is 10.6. The fourth-order valence-electron chi connectivity index (χ4n) is 1.83. The molecule has 0 aliphatic carbocycles. The van der Waals surface area contributed by atoms with Gasteiger partial charge >= 0.3 is 0 Å². The number of furan rings is 1. The summed E-state index contributed by atoms with van der Waals surface area (Å²) in [4.78, 5) is 0. The van der Waals surface area contributed by atoms with E-state index in [1.54, 1.807) is 26.7 Å². The van der Waals surface area contributed by atoms with E-state index in [4.69, 9.17) is 13.9 Å². The Morgan fingerprint density at radius 1 is 1.11 bits per heavy atom. The molecule has 96 valence electrons. The van der Waals surface area contributed by atoms with E-state index in [9.17, 15) is 0 Å². The van der Waals surface area contributed by atoms with Crippen LogP contribution in [0.3, 0.4) is 0 Å². The number of methoxy groups -OCH3 is 2. The summed E-state index contributed by atoms with van der Waals surface area (Å²) in [7, 11) is 3.29. The second kappa shape index (κ2) is 6.12. The van der Waals surface area contributed by atoms with E-state index < -0.39 is 0 Å². The molecule has 2 rings (SSSR count). The predicted molar refractivity (Wildman–Crippen MR) is 68.8 cm³/mol. The monoisotopic (exact) mass is 247 g/mol. The number of benzene rings is 1. The van der Waals surface area contributed by atoms with Crippen molar-refractivity contribution in [1.29, 1.82) is 0 Å². The number of ether oxygens (including phenoxy) is 2. The Morgan fingerprint density at radius 2 is 2.00 bits per heavy atom. The fraction of sp³-hybridized carbons (Fsp3) is 0.286. The van der Waals surface area contributed by atoms with Crippen molar-refractivity contribution in [3.63, 3.8) is 0 Å². The first-order chi connectivity index (χ1) is 8.85. The van der Waals surface area contributed by atoms with Gasteiger partial charge in [0.15, 0.2) is 11.5 Å². The summed E-state index contributed by atoms with van der Waals surface area (Å²) in [6.07, 6.45) is 3.40. The van der Waals surface area contributed by atoms with Gasteiger partial charge in [0.2, 0.25) is 0 Å². The van der Waals surface area contributed by atoms with Gasteiger partial charge in [-0.05, 0) is 12.1 Å². The van der Waals surface area contributed by atoms with Crippen LogP contribution in [-0.4, -0.2) is 14.2 Å². The molecule has 4 nitrogen and oxygen atoms in total. The third-order valence-corrected chi connectivity index (χ3v) is 2.71. The molecule has 0 bridgehead atoms. The molecule has 0 aliphatic heterocycles. The van der Waals surface area contributed by atoms with Crippen LogP contribution >= 0.6 is 0 Å². The minimum absolute atomic E-state index is 0.714. The van der Waals surface area contributed by atoms with Crippen LogP contribution in [0.15, 0.2) is 41.2 Å². The highest BCUT2D eigenvalue weighted by Crippen LogP contribution is 2.30. The Morgan fingerprint density at radius 3 is 2.67 bits per heavy atom. The van der Waals surface area contributed by atoms with Crippen LogP contribution in [0.5, 0.6) is 11.5 Å². The molecule has 18 heavy (non-hydrogen) atoms. The Hall–Kier alpha value is -1.94. The first-order valence-corrected chi connectivity index (χ1v) is 5.77. The average molecular weight is 247 g/mol. The smallest absolute Gasteiger partial charge is 0.165 e. The summed E-state index contributed by atoms with van der Waals surface area (Å²) >= 11 is 0. The van der Waals surface area contributed by atoms with Gasteiger partial charge in [-0.2, -0.15) is 0 Å². The Bertz CT molecular complexity index is 480. The molecule has 2 aromatic rings. The summed E-state index contributed by atoms with van der Waals surface area (Å²) in [6, 6.07) is 7.80. The molecular weight excluding hydrogens is 230 g/mol. The molecule has 1 aromatic heterocycles. The van der Waals surface area contributed by atoms with Crippen LogP contribution in [0, 0.1) is 0 Å². The normalized spacial score (nSPS) is 10.3. The van der Waals surface area contributed by atoms with Crippen molar-refractivity contribution in [3.8, 4) is 11.5 Å². The molecule has 0 fully saturated rings. The van der Waals surface area contributed by atoms with Crippen molar-refractivity contribution in [2.24, 2.45) is 0 Å². The minimum Gasteiger partial charge on any atom is -0.493 e. The Kier molecular flexibility index (Phi) is 4.25. The summed E-state index contributed by atoms with van der Waals surface area (Å²) in [5.41, 5.74) is 2.19. The van der Waals surface area contributed by atoms with Crippen molar-refractivity contribution in [2.75, 3.05) is 14.2 Å². The Balaban J connectivity index is 2.00. The highest BCUT2D eigenvalue weighted by atomic mass is 16.5. The second-order valence-corrected chi connectivity index (χ2v) is 3.89. The summed E-state index contributed by atoms with van der Waals surface area (Å²) in [6.45, 7) is 1.47. The van der Waals surface area contributed by atoms with Crippen molar-refractivity contribution < 1.29 is 13.9 Å². The molecule has 1 N–H and O–H groups in total. The molecule has 1 aromatic carbocycles. The van der Waals surface area contributed by atoms with Gasteiger partial charge in [0.25, 0.3) is 0 Å². The first kappa shape index (κ1) is 12.5. The summed E-state index contributed by atoms with van der Waals surface area (Å²) in [5.74, 6) is 1.53. The van der Waals surface area contributed by atoms with Crippen LogP contribution in [0.25, 0.3) is 0 Å². The van der Waals surface area contributed by atoms with Crippen LogP contribution in [-0.2, 0) is 13.1 Å². The molecule has 0 unspecified atom stereocenters. The van der Waals surface area contributed by atoms with Gasteiger partial charge in [-0.3, -0.25) is 0 Å². The molecule has 0 amide bonds. The maximum atomic E-state index is 5.37. The van der Waals surface area contributed by atoms with Gasteiger partial charge in [-0.1, -0.05) is 12.1 Å². The number of hydrogen-bond acceptors (Lipinski definition) is 4. The molecule has 0 spiro atoms. The van der Waals surface area contributed by atoms with E-state index in [0.717, 1.165) is 29.2 Å². The maximum Gasteiger partial charge on any atom is 0.165 e. The van der Waals surface area contributed by atoms with Crippen molar-refractivity contribution in [2.45, 2.75) is 13.1 Å². The molecule has 0 radical (unpaired) electrons. The molecule has 0 atom stereocenters. The highest BCUT2D eigenvalue weighted by molar-refractivity contribution is 5.46. The van der Waals surface area contributed by atoms with E-state index in [2.05, 4.69) is 5.32 Å². The zero-order valence-electron chi connectivity index (χ0n) is 10.6. The molecule has 4 heteroatoms. The lowest BCUT2D eigenvalue weighted by Gasteiger charge is -2.12. The quantitative estimate of drug-likeness (QED) is 0.852. The third kappa shape index (κ3) is 2.84. The van der Waals surface area contributed by atoms with Crippen LogP contribution in [0.2, 0.25) is 0 Å². The van der Waals surface area contributed by atoms with E-state index in [1.165, 1.54) is 0 Å². The largest absolute Gasteiger partial charge is 0.493 e. The number of para-hydroxylation sites is 1. The van der Waals surface area contributed by atoms with Gasteiger partial charge in [0, 0.05) is 24.2 Å². The first-order valence-electron chi connectivity index (χ1n) is 5.77. The lowest BCUT2D eigenvalue weighted by atomic mass is 10.2. The minimum atomic E-state index is 0.714. The van der Waals surface area contributed by atoms with Gasteiger partial charge in [0.1, 0.15) is 0 Å². The van der Waals surface area contributed by atoms with Gasteiger partial charge in [0.05, 0.1) is 26.7 Å². The zero-order chi connectivity index (χ0) is 12.8. The lowest BCUT2D eigenvalue weighted by Crippen LogP contribution is -2.13. The van der Waals surface area contributed by atoms with E-state index in [1.807, 2.05) is 24.3 Å². The molecule has 0 saturated carbocycles. The van der Waals surface area contributed by atoms with Gasteiger partial charge in [-0.25, -0.2) is 0 Å². The number of rotatable bonds is 6. The number of nitrogens with one attached hydrogen (secondary N) is 1. The Labute approximate surface area is 107 Å². The fourth-order valence-corrected chi connectivity index (χ4v) is 1.83. The van der Waals surface area contributed by atoms with Crippen LogP contribution in [0.1, 0.15) is 11.1 Å².